The second-order valence-corrected chi connectivity index (χ2v) is 20.3. The highest BCUT2D eigenvalue weighted by atomic mass is 16.4. The number of aliphatic imine (C=N–C) groups is 1. The summed E-state index contributed by atoms with van der Waals surface area (Å²) in [7, 11) is 0. The SMILES string of the molecule is CC(C)C[C@H](NC(=O)[C@H](CCC(=O)O)NC(=O)[C@H](CC(C)C)NC(=O)[C@@H](N)Cc1ccc(O)cc1)C(=O)N[C@@H](CCC(=O)O)C(=O)N[C@@H](CO)C(=O)N[C@@H](CO)C(=O)NCC(=O)N[C@@H](Cc1cnc[nH]1)C(=O)N[C@@H](CCCN=C(N)N)C(=O)O. The van der Waals surface area contributed by atoms with Crippen molar-refractivity contribution in [3.8, 4) is 5.75 Å². The summed E-state index contributed by atoms with van der Waals surface area (Å²) in [5.74, 6) is -14.5. The van der Waals surface area contributed by atoms with Gasteiger partial charge in [0.05, 0.1) is 32.1 Å². The number of phenolic OH excluding ortho intramolecular Hbond substituents is 1. The summed E-state index contributed by atoms with van der Waals surface area (Å²) in [5.41, 5.74) is 17.7. The molecule has 0 aliphatic carbocycles. The van der Waals surface area contributed by atoms with Crippen LogP contribution in [0.1, 0.15) is 90.3 Å². The highest BCUT2D eigenvalue weighted by Gasteiger charge is 2.35. The third-order valence-corrected chi connectivity index (χ3v) is 12.2. The zero-order chi connectivity index (χ0) is 63.2. The first-order valence-electron chi connectivity index (χ1n) is 26.7. The van der Waals surface area contributed by atoms with Crippen LogP contribution in [0, 0.1) is 11.8 Å². The Hall–Kier alpha value is -8.98. The van der Waals surface area contributed by atoms with Gasteiger partial charge in [0.25, 0.3) is 0 Å². The molecular formula is C51H79N15O18. The summed E-state index contributed by atoms with van der Waals surface area (Å²) < 4.78 is 0. The first-order valence-corrected chi connectivity index (χ1v) is 26.7. The molecule has 0 aliphatic heterocycles. The van der Waals surface area contributed by atoms with Crippen molar-refractivity contribution in [1.29, 1.82) is 0 Å². The number of nitrogens with zero attached hydrogens (tertiary/aromatic N) is 2. The number of hydrogen-bond donors (Lipinski definition) is 19. The van der Waals surface area contributed by atoms with Gasteiger partial charge in [-0.2, -0.15) is 0 Å². The van der Waals surface area contributed by atoms with E-state index in [2.05, 4.69) is 62.8 Å². The van der Waals surface area contributed by atoms with Gasteiger partial charge in [0.2, 0.25) is 53.2 Å². The zero-order valence-corrected chi connectivity index (χ0v) is 46.9. The lowest BCUT2D eigenvalue weighted by Crippen LogP contribution is -2.61. The van der Waals surface area contributed by atoms with Gasteiger partial charge in [0.15, 0.2) is 5.96 Å². The van der Waals surface area contributed by atoms with Crippen molar-refractivity contribution in [2.75, 3.05) is 26.3 Å². The Kier molecular flexibility index (Phi) is 30.9. The molecule has 0 saturated heterocycles. The lowest BCUT2D eigenvalue weighted by molar-refractivity contribution is -0.142. The number of imidazole rings is 1. The van der Waals surface area contributed by atoms with Crippen LogP contribution in [0.5, 0.6) is 5.75 Å². The summed E-state index contributed by atoms with van der Waals surface area (Å²) in [6.07, 6.45) is -0.201. The number of guanidine groups is 1. The van der Waals surface area contributed by atoms with Crippen LogP contribution >= 0.6 is 0 Å². The smallest absolute Gasteiger partial charge is 0.326 e. The molecule has 9 atom stereocenters. The van der Waals surface area contributed by atoms with Gasteiger partial charge in [0, 0.05) is 37.7 Å². The molecule has 0 radical (unpaired) electrons. The van der Waals surface area contributed by atoms with E-state index >= 15 is 0 Å². The minimum absolute atomic E-state index is 0.0109. The molecule has 2 rings (SSSR count). The first kappa shape index (κ1) is 71.1. The number of aromatic nitrogens is 2. The van der Waals surface area contributed by atoms with Crippen LogP contribution in [0.15, 0.2) is 41.8 Å². The first-order chi connectivity index (χ1) is 39.5. The van der Waals surface area contributed by atoms with Crippen molar-refractivity contribution < 1.29 is 88.2 Å². The number of carbonyl (C=O) groups is 12. The van der Waals surface area contributed by atoms with Crippen LogP contribution in [-0.4, -0.2) is 198 Å². The normalized spacial score (nSPS) is 14.2. The summed E-state index contributed by atoms with van der Waals surface area (Å²) >= 11 is 0. The van der Waals surface area contributed by atoms with E-state index in [0.717, 1.165) is 0 Å². The van der Waals surface area contributed by atoms with Crippen LogP contribution in [0.4, 0.5) is 0 Å². The van der Waals surface area contributed by atoms with E-state index in [4.69, 9.17) is 17.2 Å². The molecular weight excluding hydrogens is 1110 g/mol. The number of carboxylic acid groups (broad SMARTS) is 3. The molecule has 0 fully saturated rings. The minimum Gasteiger partial charge on any atom is -0.508 e. The Morgan fingerprint density at radius 2 is 1.00 bits per heavy atom. The number of hydrogen-bond acceptors (Lipinski definition) is 18. The Morgan fingerprint density at radius 3 is 1.45 bits per heavy atom. The number of benzene rings is 1. The third-order valence-electron chi connectivity index (χ3n) is 12.2. The molecule has 2 aromatic rings. The maximum absolute atomic E-state index is 14.0. The van der Waals surface area contributed by atoms with Crippen molar-refractivity contribution in [1.82, 2.24) is 57.8 Å². The number of carboxylic acids is 3. The van der Waals surface area contributed by atoms with E-state index < -0.39 is 171 Å². The number of aliphatic carboxylic acids is 3. The van der Waals surface area contributed by atoms with Crippen LogP contribution in [-0.2, 0) is 70.4 Å². The Balaban J connectivity index is 2.23. The molecule has 9 amide bonds. The summed E-state index contributed by atoms with van der Waals surface area (Å²) in [6, 6.07) is -8.17. The van der Waals surface area contributed by atoms with E-state index in [-0.39, 0.29) is 68.6 Å². The second-order valence-electron chi connectivity index (χ2n) is 20.3. The van der Waals surface area contributed by atoms with Gasteiger partial charge >= 0.3 is 17.9 Å². The monoisotopic (exact) mass is 1190 g/mol. The number of nitrogens with two attached hydrogens (primary N) is 3. The maximum Gasteiger partial charge on any atom is 0.326 e. The van der Waals surface area contributed by atoms with Gasteiger partial charge in [-0.15, -0.1) is 0 Å². The number of aromatic amines is 1. The number of rotatable bonds is 39. The molecule has 33 nitrogen and oxygen atoms in total. The highest BCUT2D eigenvalue weighted by Crippen LogP contribution is 2.14. The van der Waals surface area contributed by atoms with Crippen molar-refractivity contribution in [3.05, 3.63) is 48.0 Å². The standard InChI is InChI=1S/C51H79N15O18/c1-25(2)16-34(63-42(75)30(52)18-27-7-9-29(69)10-8-27)46(79)60-31(11-13-40(71)72)44(77)64-35(17-26(3)4)47(80)61-32(12-14-41(73)74)45(78)66-38(23-68)49(82)65-37(22-67)43(76)57-21-39(70)59-36(19-28-20-55-24-58-28)48(81)62-33(50(83)84)6-5-15-56-51(53)54/h7-10,20,24-26,30-38,67-69H,5-6,11-19,21-23,52H2,1-4H3,(H,55,58)(H,57,76)(H,59,70)(H,60,79)(H,61,80)(H,62,81)(H,63,75)(H,64,77)(H,65,82)(H,66,78)(H,71,72)(H,73,74)(H,83,84)(H4,53,54,56)/t30-,31-,32-,33-,34-,35-,36-,37-,38-/m0/s1. The fourth-order valence-electron chi connectivity index (χ4n) is 7.88. The number of aliphatic hydroxyl groups is 2. The molecule has 0 saturated carbocycles. The van der Waals surface area contributed by atoms with Crippen molar-refractivity contribution in [2.24, 2.45) is 34.0 Å². The average Bonchev–Trinajstić information content (AvgIpc) is 4.08. The molecule has 466 valence electrons. The topological polar surface area (TPSA) is 554 Å². The third kappa shape index (κ3) is 27.2. The molecule has 33 heteroatoms. The number of phenols is 1. The maximum atomic E-state index is 14.0. The highest BCUT2D eigenvalue weighted by molar-refractivity contribution is 5.98. The molecule has 0 spiro atoms. The van der Waals surface area contributed by atoms with E-state index in [9.17, 15) is 88.2 Å². The van der Waals surface area contributed by atoms with E-state index in [1.807, 2.05) is 0 Å². The number of aromatic hydroxyl groups is 1. The number of amides is 9. The average molecular weight is 1190 g/mol. The number of H-pyrrole nitrogens is 1. The van der Waals surface area contributed by atoms with Gasteiger partial charge in [-0.05, 0) is 74.5 Å². The van der Waals surface area contributed by atoms with Crippen molar-refractivity contribution >= 4 is 77.0 Å². The predicted octanol–water partition coefficient (Wildman–Crippen LogP) is -5.83. The Bertz CT molecular complexity index is 2580. The molecule has 84 heavy (non-hydrogen) atoms. The second kappa shape index (κ2) is 36.5. The summed E-state index contributed by atoms with van der Waals surface area (Å²) in [4.78, 5) is 167. The predicted molar refractivity (Wildman–Crippen MR) is 295 cm³/mol. The number of aliphatic hydroxyl groups excluding tert-OH is 2. The molecule has 0 bridgehead atoms. The molecule has 0 aliphatic rings. The minimum atomic E-state index is -1.95. The van der Waals surface area contributed by atoms with Crippen LogP contribution in [0.2, 0.25) is 0 Å². The number of nitrogens with one attached hydrogen (secondary N) is 10. The van der Waals surface area contributed by atoms with E-state index in [0.29, 0.717) is 11.3 Å². The van der Waals surface area contributed by atoms with Crippen LogP contribution in [0.25, 0.3) is 0 Å². The van der Waals surface area contributed by atoms with Gasteiger partial charge in [-0.1, -0.05) is 39.8 Å². The van der Waals surface area contributed by atoms with Crippen molar-refractivity contribution in [3.63, 3.8) is 0 Å². The van der Waals surface area contributed by atoms with Gasteiger partial charge in [-0.25, -0.2) is 9.78 Å². The molecule has 22 N–H and O–H groups in total. The quantitative estimate of drug-likeness (QED) is 0.0168. The fraction of sp³-hybridized carbons (Fsp3) is 0.569. The Morgan fingerprint density at radius 1 is 0.560 bits per heavy atom. The van der Waals surface area contributed by atoms with Crippen LogP contribution < -0.4 is 65.1 Å². The zero-order valence-electron chi connectivity index (χ0n) is 46.9. The summed E-state index contributed by atoms with van der Waals surface area (Å²) in [6.45, 7) is 3.68. The van der Waals surface area contributed by atoms with E-state index in [1.165, 1.54) is 24.7 Å². The lowest BCUT2D eigenvalue weighted by Gasteiger charge is -2.28. The van der Waals surface area contributed by atoms with Gasteiger partial charge in [0.1, 0.15) is 54.1 Å². The van der Waals surface area contributed by atoms with E-state index in [1.54, 1.807) is 39.8 Å². The molecule has 1 heterocycles. The Labute approximate surface area is 482 Å². The lowest BCUT2D eigenvalue weighted by atomic mass is 9.99. The van der Waals surface area contributed by atoms with Gasteiger partial charge < -0.3 is 101 Å². The molecule has 1 aromatic carbocycles. The summed E-state index contributed by atoms with van der Waals surface area (Å²) in [5, 5.41) is 79.4. The largest absolute Gasteiger partial charge is 0.508 e. The van der Waals surface area contributed by atoms with Crippen LogP contribution in [0.3, 0.4) is 0 Å². The molecule has 0 unspecified atom stereocenters. The number of carbonyl (C=O) groups excluding carboxylic acids is 9. The fourth-order valence-corrected chi connectivity index (χ4v) is 7.88. The molecule has 1 aromatic heterocycles. The van der Waals surface area contributed by atoms with Crippen molar-refractivity contribution in [2.45, 2.75) is 146 Å². The van der Waals surface area contributed by atoms with Gasteiger partial charge in [-0.3, -0.25) is 57.7 Å².